The van der Waals surface area contributed by atoms with E-state index in [9.17, 15) is 5.11 Å². The van der Waals surface area contributed by atoms with Gasteiger partial charge < -0.3 is 14.4 Å². The van der Waals surface area contributed by atoms with E-state index in [0.717, 1.165) is 22.6 Å². The first-order chi connectivity index (χ1) is 14.8. The zero-order valence-corrected chi connectivity index (χ0v) is 19.4. The third kappa shape index (κ3) is 4.95. The largest absolute Gasteiger partial charge is 0.491 e. The van der Waals surface area contributed by atoms with Crippen molar-refractivity contribution in [1.29, 1.82) is 0 Å². The first-order valence-corrected chi connectivity index (χ1v) is 11.7. The van der Waals surface area contributed by atoms with Crippen LogP contribution in [0.5, 0.6) is 5.75 Å². The topological polar surface area (TPSA) is 47.3 Å². The first kappa shape index (κ1) is 21.9. The van der Waals surface area contributed by atoms with Crippen LogP contribution in [0, 0.1) is 6.92 Å². The molecule has 1 aromatic heterocycles. The second-order valence-electron chi connectivity index (χ2n) is 10.1. The van der Waals surface area contributed by atoms with Gasteiger partial charge in [-0.3, -0.25) is 0 Å². The van der Waals surface area contributed by atoms with Crippen LogP contribution in [0.4, 0.5) is 0 Å². The van der Waals surface area contributed by atoms with E-state index in [4.69, 9.17) is 9.72 Å². The summed E-state index contributed by atoms with van der Waals surface area (Å²) in [7, 11) is 0. The predicted molar refractivity (Wildman–Crippen MR) is 127 cm³/mol. The fourth-order valence-electron chi connectivity index (χ4n) is 4.76. The molecule has 0 spiro atoms. The van der Waals surface area contributed by atoms with Crippen molar-refractivity contribution in [3.8, 4) is 5.75 Å². The Morgan fingerprint density at radius 2 is 1.84 bits per heavy atom. The van der Waals surface area contributed by atoms with Gasteiger partial charge in [-0.25, -0.2) is 4.98 Å². The summed E-state index contributed by atoms with van der Waals surface area (Å²) in [5, 5.41) is 10.9. The zero-order chi connectivity index (χ0) is 22.0. The molecule has 1 aliphatic rings. The second kappa shape index (κ2) is 9.04. The van der Waals surface area contributed by atoms with Crippen LogP contribution in [-0.4, -0.2) is 27.4 Å². The highest BCUT2D eigenvalue weighted by molar-refractivity contribution is 5.76. The van der Waals surface area contributed by atoms with Gasteiger partial charge in [0.25, 0.3) is 0 Å². The van der Waals surface area contributed by atoms with Crippen LogP contribution in [0.3, 0.4) is 0 Å². The lowest BCUT2D eigenvalue weighted by Crippen LogP contribution is -2.26. The van der Waals surface area contributed by atoms with Gasteiger partial charge in [0, 0.05) is 5.92 Å². The van der Waals surface area contributed by atoms with E-state index >= 15 is 0 Å². The summed E-state index contributed by atoms with van der Waals surface area (Å²) in [4.78, 5) is 4.97. The summed E-state index contributed by atoms with van der Waals surface area (Å²) in [6.45, 7) is 9.45. The van der Waals surface area contributed by atoms with E-state index in [-0.39, 0.29) is 12.0 Å². The molecule has 3 aromatic rings. The van der Waals surface area contributed by atoms with Gasteiger partial charge >= 0.3 is 0 Å². The number of imidazole rings is 1. The molecule has 4 heteroatoms. The number of para-hydroxylation sites is 2. The number of ether oxygens (including phenoxy) is 1. The van der Waals surface area contributed by atoms with E-state index in [1.807, 2.05) is 12.1 Å². The number of aliphatic hydroxyl groups is 1. The highest BCUT2D eigenvalue weighted by Gasteiger charge is 2.24. The van der Waals surface area contributed by atoms with Gasteiger partial charge in [0.1, 0.15) is 24.3 Å². The predicted octanol–water partition coefficient (Wildman–Crippen LogP) is 6.13. The summed E-state index contributed by atoms with van der Waals surface area (Å²) in [5.74, 6) is 2.48. The lowest BCUT2D eigenvalue weighted by atomic mass is 9.85. The van der Waals surface area contributed by atoms with Gasteiger partial charge in [-0.15, -0.1) is 0 Å². The van der Waals surface area contributed by atoms with Crippen molar-refractivity contribution in [1.82, 2.24) is 9.55 Å². The molecule has 1 fully saturated rings. The van der Waals surface area contributed by atoms with Crippen LogP contribution in [-0.2, 0) is 12.0 Å². The lowest BCUT2D eigenvalue weighted by molar-refractivity contribution is 0.0912. The van der Waals surface area contributed by atoms with E-state index in [1.165, 1.54) is 43.2 Å². The molecule has 1 heterocycles. The van der Waals surface area contributed by atoms with E-state index in [1.54, 1.807) is 0 Å². The number of aromatic nitrogens is 2. The third-order valence-electron chi connectivity index (χ3n) is 6.42. The number of aryl methyl sites for hydroxylation is 1. The number of aliphatic hydroxyl groups excluding tert-OH is 1. The first-order valence-electron chi connectivity index (χ1n) is 11.7. The van der Waals surface area contributed by atoms with Gasteiger partial charge in [0.05, 0.1) is 17.6 Å². The Balaban J connectivity index is 1.54. The van der Waals surface area contributed by atoms with Crippen molar-refractivity contribution in [2.45, 2.75) is 83.8 Å². The minimum Gasteiger partial charge on any atom is -0.491 e. The van der Waals surface area contributed by atoms with Gasteiger partial charge in [-0.05, 0) is 48.9 Å². The Labute approximate surface area is 186 Å². The maximum Gasteiger partial charge on any atom is 0.123 e. The summed E-state index contributed by atoms with van der Waals surface area (Å²) in [6, 6.07) is 14.6. The van der Waals surface area contributed by atoms with Gasteiger partial charge in [0.15, 0.2) is 0 Å². The summed E-state index contributed by atoms with van der Waals surface area (Å²) < 4.78 is 8.38. The van der Waals surface area contributed by atoms with Crippen LogP contribution in [0.25, 0.3) is 11.0 Å². The normalized spacial score (nSPS) is 16.5. The fraction of sp³-hybridized carbons (Fsp3) is 0.519. The van der Waals surface area contributed by atoms with E-state index in [2.05, 4.69) is 62.6 Å². The van der Waals surface area contributed by atoms with Crippen molar-refractivity contribution >= 4 is 11.0 Å². The summed E-state index contributed by atoms with van der Waals surface area (Å²) in [6.07, 6.45) is 5.63. The maximum absolute atomic E-state index is 10.9. The molecule has 1 unspecified atom stereocenters. The van der Waals surface area contributed by atoms with Crippen LogP contribution >= 0.6 is 0 Å². The quantitative estimate of drug-likeness (QED) is 0.522. The zero-order valence-electron chi connectivity index (χ0n) is 19.4. The van der Waals surface area contributed by atoms with Crippen LogP contribution in [0.2, 0.25) is 0 Å². The number of hydrogen-bond acceptors (Lipinski definition) is 3. The van der Waals surface area contributed by atoms with Crippen molar-refractivity contribution in [2.24, 2.45) is 0 Å². The number of fused-ring (bicyclic) bond motifs is 1. The number of benzene rings is 2. The number of hydrogen-bond donors (Lipinski definition) is 1. The Hall–Kier alpha value is -2.33. The van der Waals surface area contributed by atoms with Crippen molar-refractivity contribution in [3.05, 3.63) is 59.4 Å². The number of nitrogens with zero attached hydrogens (tertiary/aromatic N) is 2. The molecule has 1 aliphatic carbocycles. The molecule has 0 saturated heterocycles. The minimum absolute atomic E-state index is 0.0129. The summed E-state index contributed by atoms with van der Waals surface area (Å²) >= 11 is 0. The molecule has 1 N–H and O–H groups in total. The molecular formula is C27H36N2O2. The third-order valence-corrected chi connectivity index (χ3v) is 6.42. The SMILES string of the molecule is Cc1ccc(OCC(O)Cn2c(C3CCCCC3)nc3ccccc32)c(C(C)(C)C)c1. The molecule has 4 nitrogen and oxygen atoms in total. The average molecular weight is 421 g/mol. The highest BCUT2D eigenvalue weighted by Crippen LogP contribution is 2.35. The molecule has 166 valence electrons. The van der Waals surface area contributed by atoms with Crippen molar-refractivity contribution in [3.63, 3.8) is 0 Å². The van der Waals surface area contributed by atoms with Crippen molar-refractivity contribution in [2.75, 3.05) is 6.61 Å². The minimum atomic E-state index is -0.603. The molecule has 1 atom stereocenters. The monoisotopic (exact) mass is 420 g/mol. The van der Waals surface area contributed by atoms with E-state index in [0.29, 0.717) is 12.5 Å². The van der Waals surface area contributed by atoms with Crippen LogP contribution in [0.15, 0.2) is 42.5 Å². The molecule has 1 saturated carbocycles. The van der Waals surface area contributed by atoms with Gasteiger partial charge in [-0.1, -0.05) is 69.9 Å². The van der Waals surface area contributed by atoms with Gasteiger partial charge in [0.2, 0.25) is 0 Å². The molecule has 0 amide bonds. The molecule has 0 bridgehead atoms. The molecular weight excluding hydrogens is 384 g/mol. The Bertz CT molecular complexity index is 1030. The molecule has 0 radical (unpaired) electrons. The summed E-state index contributed by atoms with van der Waals surface area (Å²) in [5.41, 5.74) is 4.51. The maximum atomic E-state index is 10.9. The Morgan fingerprint density at radius 3 is 2.58 bits per heavy atom. The van der Waals surface area contributed by atoms with Crippen molar-refractivity contribution < 1.29 is 9.84 Å². The highest BCUT2D eigenvalue weighted by atomic mass is 16.5. The standard InChI is InChI=1S/C27H36N2O2/c1-19-14-15-25(22(16-19)27(2,3)4)31-18-21(30)17-29-24-13-9-8-12-23(24)28-26(29)20-10-6-5-7-11-20/h8-9,12-16,20-21,30H,5-7,10-11,17-18H2,1-4H3. The number of rotatable bonds is 6. The molecule has 2 aromatic carbocycles. The Morgan fingerprint density at radius 1 is 1.10 bits per heavy atom. The molecule has 0 aliphatic heterocycles. The van der Waals surface area contributed by atoms with Crippen LogP contribution in [0.1, 0.15) is 75.7 Å². The Kier molecular flexibility index (Phi) is 6.38. The smallest absolute Gasteiger partial charge is 0.123 e. The molecule has 4 rings (SSSR count). The van der Waals surface area contributed by atoms with E-state index < -0.39 is 6.10 Å². The lowest BCUT2D eigenvalue weighted by Gasteiger charge is -2.25. The second-order valence-corrected chi connectivity index (χ2v) is 10.1. The fourth-order valence-corrected chi connectivity index (χ4v) is 4.76. The molecule has 31 heavy (non-hydrogen) atoms. The van der Waals surface area contributed by atoms with Gasteiger partial charge in [-0.2, -0.15) is 0 Å². The average Bonchev–Trinajstić information content (AvgIpc) is 3.11. The van der Waals surface area contributed by atoms with Crippen LogP contribution < -0.4 is 4.74 Å².